The number of rotatable bonds is 3. The molecule has 0 atom stereocenters. The van der Waals surface area contributed by atoms with Crippen LogP contribution in [0.5, 0.6) is 28.7 Å². The molecule has 0 unspecified atom stereocenters. The maximum atomic E-state index is 5.90. The Bertz CT molecular complexity index is 612. The second kappa shape index (κ2) is 4.61. The van der Waals surface area contributed by atoms with Crippen molar-refractivity contribution in [1.82, 2.24) is 0 Å². The zero-order chi connectivity index (χ0) is 13.2. The Morgan fingerprint density at radius 1 is 1.00 bits per heavy atom. The molecular formula is C14H13NO4. The van der Waals surface area contributed by atoms with Gasteiger partial charge in [0.15, 0.2) is 17.2 Å². The minimum atomic E-state index is 0.240. The van der Waals surface area contributed by atoms with E-state index >= 15 is 0 Å². The largest absolute Gasteiger partial charge is 0.497 e. The van der Waals surface area contributed by atoms with Gasteiger partial charge in [-0.2, -0.15) is 0 Å². The first-order valence-corrected chi connectivity index (χ1v) is 5.77. The summed E-state index contributed by atoms with van der Waals surface area (Å²) in [5.74, 6) is 3.29. The van der Waals surface area contributed by atoms with E-state index in [4.69, 9.17) is 24.7 Å². The predicted molar refractivity (Wildman–Crippen MR) is 70.0 cm³/mol. The lowest BCUT2D eigenvalue weighted by atomic mass is 10.2. The van der Waals surface area contributed by atoms with Crippen LogP contribution in [0.15, 0.2) is 36.4 Å². The van der Waals surface area contributed by atoms with E-state index < -0.39 is 0 Å². The van der Waals surface area contributed by atoms with E-state index in [2.05, 4.69) is 0 Å². The topological polar surface area (TPSA) is 62.9 Å². The Labute approximate surface area is 110 Å². The molecule has 0 bridgehead atoms. The van der Waals surface area contributed by atoms with Crippen molar-refractivity contribution in [2.45, 2.75) is 0 Å². The number of anilines is 1. The van der Waals surface area contributed by atoms with E-state index in [9.17, 15) is 0 Å². The lowest BCUT2D eigenvalue weighted by Crippen LogP contribution is -1.93. The SMILES string of the molecule is COc1ccc(Oc2ccc3c(c2)OCO3)c(N)c1. The fourth-order valence-electron chi connectivity index (χ4n) is 1.81. The van der Waals surface area contributed by atoms with E-state index in [1.165, 1.54) is 0 Å². The Hall–Kier alpha value is -2.56. The zero-order valence-electron chi connectivity index (χ0n) is 10.4. The Morgan fingerprint density at radius 2 is 1.79 bits per heavy atom. The smallest absolute Gasteiger partial charge is 0.231 e. The van der Waals surface area contributed by atoms with E-state index in [0.717, 1.165) is 5.75 Å². The van der Waals surface area contributed by atoms with Crippen molar-refractivity contribution in [2.24, 2.45) is 0 Å². The van der Waals surface area contributed by atoms with Gasteiger partial charge in [0, 0.05) is 12.1 Å². The monoisotopic (exact) mass is 259 g/mol. The van der Waals surface area contributed by atoms with Crippen LogP contribution in [0.1, 0.15) is 0 Å². The van der Waals surface area contributed by atoms with Crippen LogP contribution in [0.3, 0.4) is 0 Å². The summed E-state index contributed by atoms with van der Waals surface area (Å²) in [7, 11) is 1.59. The zero-order valence-corrected chi connectivity index (χ0v) is 10.4. The molecule has 19 heavy (non-hydrogen) atoms. The van der Waals surface area contributed by atoms with Crippen molar-refractivity contribution in [3.63, 3.8) is 0 Å². The summed E-state index contributed by atoms with van der Waals surface area (Å²) in [5.41, 5.74) is 6.41. The fraction of sp³-hybridized carbons (Fsp3) is 0.143. The molecule has 0 fully saturated rings. The summed E-state index contributed by atoms with van der Waals surface area (Å²) in [4.78, 5) is 0. The van der Waals surface area contributed by atoms with Crippen LogP contribution in [0.2, 0.25) is 0 Å². The van der Waals surface area contributed by atoms with Crippen LogP contribution in [-0.2, 0) is 0 Å². The molecule has 2 N–H and O–H groups in total. The first-order chi connectivity index (χ1) is 9.26. The number of nitrogens with two attached hydrogens (primary N) is 1. The average molecular weight is 259 g/mol. The molecule has 0 amide bonds. The average Bonchev–Trinajstić information content (AvgIpc) is 2.88. The Morgan fingerprint density at radius 3 is 2.58 bits per heavy atom. The number of hydrogen-bond donors (Lipinski definition) is 1. The van der Waals surface area contributed by atoms with Gasteiger partial charge >= 0.3 is 0 Å². The summed E-state index contributed by atoms with van der Waals surface area (Å²) in [5, 5.41) is 0. The van der Waals surface area contributed by atoms with Gasteiger partial charge in [-0.15, -0.1) is 0 Å². The highest BCUT2D eigenvalue weighted by molar-refractivity contribution is 5.58. The molecule has 3 rings (SSSR count). The number of nitrogen functional groups attached to an aromatic ring is 1. The Kier molecular flexibility index (Phi) is 2.79. The maximum Gasteiger partial charge on any atom is 0.231 e. The molecule has 0 aromatic heterocycles. The summed E-state index contributed by atoms with van der Waals surface area (Å²) in [6.45, 7) is 0.240. The van der Waals surface area contributed by atoms with E-state index in [0.29, 0.717) is 28.7 Å². The van der Waals surface area contributed by atoms with Crippen LogP contribution in [0.4, 0.5) is 5.69 Å². The third-order valence-corrected chi connectivity index (χ3v) is 2.79. The number of fused-ring (bicyclic) bond motifs is 1. The van der Waals surface area contributed by atoms with Crippen LogP contribution in [0, 0.1) is 0 Å². The van der Waals surface area contributed by atoms with Crippen molar-refractivity contribution in [1.29, 1.82) is 0 Å². The summed E-state index contributed by atoms with van der Waals surface area (Å²) in [6, 6.07) is 10.6. The summed E-state index contributed by atoms with van der Waals surface area (Å²) in [6.07, 6.45) is 0. The van der Waals surface area contributed by atoms with Crippen molar-refractivity contribution in [2.75, 3.05) is 19.6 Å². The van der Waals surface area contributed by atoms with Crippen LogP contribution in [0.25, 0.3) is 0 Å². The van der Waals surface area contributed by atoms with Gasteiger partial charge in [0.2, 0.25) is 6.79 Å². The molecule has 98 valence electrons. The number of methoxy groups -OCH3 is 1. The van der Waals surface area contributed by atoms with Gasteiger partial charge in [-0.25, -0.2) is 0 Å². The quantitative estimate of drug-likeness (QED) is 0.859. The third kappa shape index (κ3) is 2.22. The predicted octanol–water partition coefficient (Wildman–Crippen LogP) is 2.80. The van der Waals surface area contributed by atoms with Gasteiger partial charge in [-0.05, 0) is 24.3 Å². The normalized spacial score (nSPS) is 12.3. The van der Waals surface area contributed by atoms with Crippen molar-refractivity contribution >= 4 is 5.69 Å². The van der Waals surface area contributed by atoms with Gasteiger partial charge < -0.3 is 24.7 Å². The van der Waals surface area contributed by atoms with Crippen LogP contribution < -0.4 is 24.7 Å². The van der Waals surface area contributed by atoms with Crippen LogP contribution in [-0.4, -0.2) is 13.9 Å². The highest BCUT2D eigenvalue weighted by Gasteiger charge is 2.14. The third-order valence-electron chi connectivity index (χ3n) is 2.79. The number of ether oxygens (including phenoxy) is 4. The minimum absolute atomic E-state index is 0.240. The molecule has 0 radical (unpaired) electrons. The number of benzene rings is 2. The van der Waals surface area contributed by atoms with Gasteiger partial charge in [0.25, 0.3) is 0 Å². The molecule has 5 heteroatoms. The van der Waals surface area contributed by atoms with Gasteiger partial charge in [0.1, 0.15) is 11.5 Å². The number of hydrogen-bond acceptors (Lipinski definition) is 5. The molecule has 1 aliphatic heterocycles. The van der Waals surface area contributed by atoms with E-state index in [1.807, 2.05) is 0 Å². The van der Waals surface area contributed by atoms with Gasteiger partial charge in [0.05, 0.1) is 12.8 Å². The standard InChI is InChI=1S/C14H13NO4/c1-16-9-2-4-12(11(15)6-9)19-10-3-5-13-14(7-10)18-8-17-13/h2-7H,8,15H2,1H3. The van der Waals surface area contributed by atoms with Crippen molar-refractivity contribution in [3.05, 3.63) is 36.4 Å². The maximum absolute atomic E-state index is 5.90. The van der Waals surface area contributed by atoms with E-state index in [1.54, 1.807) is 43.5 Å². The second-order valence-corrected chi connectivity index (χ2v) is 4.02. The molecule has 0 spiro atoms. The molecule has 0 saturated carbocycles. The second-order valence-electron chi connectivity index (χ2n) is 4.02. The molecule has 0 aliphatic carbocycles. The molecule has 5 nitrogen and oxygen atoms in total. The summed E-state index contributed by atoms with van der Waals surface area (Å²) >= 11 is 0. The highest BCUT2D eigenvalue weighted by Crippen LogP contribution is 2.38. The Balaban J connectivity index is 1.85. The van der Waals surface area contributed by atoms with Crippen LogP contribution >= 0.6 is 0 Å². The van der Waals surface area contributed by atoms with Crippen molar-refractivity contribution in [3.8, 4) is 28.7 Å². The lowest BCUT2D eigenvalue weighted by molar-refractivity contribution is 0.174. The van der Waals surface area contributed by atoms with Gasteiger partial charge in [-0.3, -0.25) is 0 Å². The molecule has 2 aromatic rings. The van der Waals surface area contributed by atoms with Gasteiger partial charge in [-0.1, -0.05) is 0 Å². The van der Waals surface area contributed by atoms with Crippen molar-refractivity contribution < 1.29 is 18.9 Å². The minimum Gasteiger partial charge on any atom is -0.497 e. The highest BCUT2D eigenvalue weighted by atomic mass is 16.7. The molecule has 1 heterocycles. The molecule has 0 saturated heterocycles. The lowest BCUT2D eigenvalue weighted by Gasteiger charge is -2.10. The molecule has 2 aromatic carbocycles. The summed E-state index contributed by atoms with van der Waals surface area (Å²) < 4.78 is 21.3. The first-order valence-electron chi connectivity index (χ1n) is 5.77. The molecular weight excluding hydrogens is 246 g/mol. The van der Waals surface area contributed by atoms with E-state index in [-0.39, 0.29) is 6.79 Å². The first kappa shape index (κ1) is 11.5. The fourth-order valence-corrected chi connectivity index (χ4v) is 1.81. The molecule has 1 aliphatic rings.